The molecule has 1 heterocycles. The van der Waals surface area contributed by atoms with E-state index < -0.39 is 17.6 Å². The van der Waals surface area contributed by atoms with E-state index in [1.54, 1.807) is 24.3 Å². The van der Waals surface area contributed by atoms with E-state index in [0.29, 0.717) is 17.1 Å². The summed E-state index contributed by atoms with van der Waals surface area (Å²) in [4.78, 5) is 2.84. The summed E-state index contributed by atoms with van der Waals surface area (Å²) in [6.45, 7) is 0. The van der Waals surface area contributed by atoms with Gasteiger partial charge in [0.25, 0.3) is 0 Å². The van der Waals surface area contributed by atoms with Crippen LogP contribution in [0.1, 0.15) is 5.56 Å². The quantitative estimate of drug-likeness (QED) is 0.503. The molecule has 108 valence electrons. The Labute approximate surface area is 121 Å². The lowest BCUT2D eigenvalue weighted by atomic mass is 10.2. The van der Waals surface area contributed by atoms with Gasteiger partial charge in [0.05, 0.1) is 22.3 Å². The average molecular weight is 312 g/mol. The molecule has 0 atom stereocenters. The largest absolute Gasteiger partial charge is 0.416 e. The van der Waals surface area contributed by atoms with Crippen molar-refractivity contribution in [2.24, 2.45) is 0 Å². The van der Waals surface area contributed by atoms with Crippen molar-refractivity contribution >= 4 is 23.3 Å². The summed E-state index contributed by atoms with van der Waals surface area (Å²) in [5.74, 6) is -0.774. The smallest absolute Gasteiger partial charge is 0.330 e. The van der Waals surface area contributed by atoms with Crippen LogP contribution in [0, 0.1) is 10.6 Å². The summed E-state index contributed by atoms with van der Waals surface area (Å²) in [5.41, 5.74) is -0.0154. The van der Waals surface area contributed by atoms with Crippen molar-refractivity contribution in [2.45, 2.75) is 6.18 Å². The van der Waals surface area contributed by atoms with E-state index >= 15 is 0 Å². The first-order chi connectivity index (χ1) is 9.88. The van der Waals surface area contributed by atoms with Gasteiger partial charge in [0, 0.05) is 0 Å². The minimum atomic E-state index is -4.54. The molecule has 21 heavy (non-hydrogen) atoms. The number of imidazole rings is 1. The van der Waals surface area contributed by atoms with Crippen LogP contribution in [-0.2, 0) is 6.18 Å². The molecule has 0 fully saturated rings. The van der Waals surface area contributed by atoms with Crippen LogP contribution in [0.5, 0.6) is 0 Å². The summed E-state index contributed by atoms with van der Waals surface area (Å²) in [6, 6.07) is 9.08. The summed E-state index contributed by atoms with van der Waals surface area (Å²) in [5, 5.41) is 0. The molecule has 0 aliphatic rings. The van der Waals surface area contributed by atoms with E-state index in [4.69, 9.17) is 12.2 Å². The highest BCUT2D eigenvalue weighted by Gasteiger charge is 2.31. The molecule has 0 bridgehead atoms. The number of benzene rings is 2. The van der Waals surface area contributed by atoms with Gasteiger partial charge in [-0.25, -0.2) is 4.39 Å². The second-order valence-electron chi connectivity index (χ2n) is 4.45. The highest BCUT2D eigenvalue weighted by Crippen LogP contribution is 2.32. The molecule has 0 aliphatic heterocycles. The normalized spacial score (nSPS) is 12.0. The minimum Gasteiger partial charge on any atom is -0.330 e. The Balaban J connectivity index is 2.33. The number of fused-ring (bicyclic) bond motifs is 1. The third-order valence-corrected chi connectivity index (χ3v) is 3.39. The molecular weight excluding hydrogens is 304 g/mol. The Kier molecular flexibility index (Phi) is 3.09. The number of H-pyrrole nitrogens is 1. The van der Waals surface area contributed by atoms with Crippen LogP contribution >= 0.6 is 12.2 Å². The number of hydrogen-bond donors (Lipinski definition) is 1. The van der Waals surface area contributed by atoms with E-state index in [9.17, 15) is 17.6 Å². The van der Waals surface area contributed by atoms with Gasteiger partial charge in [0.2, 0.25) is 0 Å². The zero-order chi connectivity index (χ0) is 15.2. The molecular formula is C14H8F4N2S. The molecule has 0 saturated carbocycles. The Morgan fingerprint density at radius 3 is 2.48 bits per heavy atom. The van der Waals surface area contributed by atoms with Gasteiger partial charge in [-0.05, 0) is 42.5 Å². The molecule has 0 saturated heterocycles. The number of aromatic amines is 1. The summed E-state index contributed by atoms with van der Waals surface area (Å²) in [7, 11) is 0. The van der Waals surface area contributed by atoms with Gasteiger partial charge in [-0.2, -0.15) is 13.2 Å². The molecule has 1 aromatic heterocycles. The first-order valence-corrected chi connectivity index (χ1v) is 6.35. The summed E-state index contributed by atoms with van der Waals surface area (Å²) < 4.78 is 53.7. The zero-order valence-corrected chi connectivity index (χ0v) is 11.2. The van der Waals surface area contributed by atoms with Crippen molar-refractivity contribution in [3.63, 3.8) is 0 Å². The Morgan fingerprint density at radius 1 is 1.05 bits per heavy atom. The van der Waals surface area contributed by atoms with Crippen LogP contribution in [0.25, 0.3) is 16.7 Å². The Bertz CT molecular complexity index is 877. The lowest BCUT2D eigenvalue weighted by Gasteiger charge is -2.11. The summed E-state index contributed by atoms with van der Waals surface area (Å²) >= 11 is 5.09. The van der Waals surface area contributed by atoms with Crippen molar-refractivity contribution in [3.8, 4) is 5.69 Å². The minimum absolute atomic E-state index is 0.134. The van der Waals surface area contributed by atoms with E-state index in [2.05, 4.69) is 4.98 Å². The number of alkyl halides is 3. The molecule has 1 N–H and O–H groups in total. The van der Waals surface area contributed by atoms with E-state index in [1.165, 1.54) is 4.57 Å². The predicted octanol–water partition coefficient (Wildman–Crippen LogP) is 4.85. The van der Waals surface area contributed by atoms with Crippen LogP contribution < -0.4 is 0 Å². The molecule has 2 nitrogen and oxygen atoms in total. The highest BCUT2D eigenvalue weighted by molar-refractivity contribution is 7.71. The first-order valence-electron chi connectivity index (χ1n) is 5.95. The number of halogens is 4. The molecule has 0 unspecified atom stereocenters. The Morgan fingerprint density at radius 2 is 1.76 bits per heavy atom. The fraction of sp³-hybridized carbons (Fsp3) is 0.0714. The third-order valence-electron chi connectivity index (χ3n) is 3.10. The second-order valence-corrected chi connectivity index (χ2v) is 4.83. The molecule has 7 heteroatoms. The molecule has 0 radical (unpaired) electrons. The molecule has 3 rings (SSSR count). The van der Waals surface area contributed by atoms with Gasteiger partial charge in [-0.1, -0.05) is 12.1 Å². The van der Waals surface area contributed by atoms with Crippen molar-refractivity contribution in [2.75, 3.05) is 0 Å². The average Bonchev–Trinajstić information content (AvgIpc) is 2.74. The maximum absolute atomic E-state index is 14.0. The second kappa shape index (κ2) is 4.70. The SMILES string of the molecule is Fc1ccc(C(F)(F)F)cc1-n1c(=S)[nH]c2ccccc21. The van der Waals surface area contributed by atoms with Crippen LogP contribution in [0.3, 0.4) is 0 Å². The molecule has 0 spiro atoms. The first kappa shape index (κ1) is 13.8. The van der Waals surface area contributed by atoms with Crippen molar-refractivity contribution in [1.29, 1.82) is 0 Å². The standard InChI is InChI=1S/C14H8F4N2S/c15-9-6-5-8(14(16,17)18)7-12(9)20-11-4-2-1-3-10(11)19-13(20)21/h1-7H,(H,19,21). The van der Waals surface area contributed by atoms with E-state index in [-0.39, 0.29) is 10.5 Å². The Hall–Kier alpha value is -2.15. The number of rotatable bonds is 1. The van der Waals surface area contributed by atoms with Crippen molar-refractivity contribution in [3.05, 3.63) is 58.6 Å². The summed E-state index contributed by atoms with van der Waals surface area (Å²) in [6.07, 6.45) is -4.54. The van der Waals surface area contributed by atoms with Gasteiger partial charge < -0.3 is 4.98 Å². The van der Waals surface area contributed by atoms with Gasteiger partial charge >= 0.3 is 6.18 Å². The van der Waals surface area contributed by atoms with Gasteiger partial charge in [0.15, 0.2) is 4.77 Å². The van der Waals surface area contributed by atoms with E-state index in [0.717, 1.165) is 12.1 Å². The number of nitrogens with one attached hydrogen (secondary N) is 1. The maximum Gasteiger partial charge on any atom is 0.416 e. The number of nitrogens with zero attached hydrogens (tertiary/aromatic N) is 1. The topological polar surface area (TPSA) is 20.7 Å². The number of para-hydroxylation sites is 2. The van der Waals surface area contributed by atoms with Crippen LogP contribution in [0.15, 0.2) is 42.5 Å². The molecule has 2 aromatic carbocycles. The highest BCUT2D eigenvalue weighted by atomic mass is 32.1. The van der Waals surface area contributed by atoms with Crippen molar-refractivity contribution < 1.29 is 17.6 Å². The maximum atomic E-state index is 14.0. The fourth-order valence-corrected chi connectivity index (χ4v) is 2.46. The number of aromatic nitrogens is 2. The molecule has 0 amide bonds. The van der Waals surface area contributed by atoms with Crippen LogP contribution in [-0.4, -0.2) is 9.55 Å². The van der Waals surface area contributed by atoms with Gasteiger partial charge in [0.1, 0.15) is 5.82 Å². The monoisotopic (exact) mass is 312 g/mol. The van der Waals surface area contributed by atoms with Crippen LogP contribution in [0.4, 0.5) is 17.6 Å². The third kappa shape index (κ3) is 2.33. The van der Waals surface area contributed by atoms with Gasteiger partial charge in [-0.15, -0.1) is 0 Å². The molecule has 3 aromatic rings. The lowest BCUT2D eigenvalue weighted by molar-refractivity contribution is -0.137. The molecule has 0 aliphatic carbocycles. The lowest BCUT2D eigenvalue weighted by Crippen LogP contribution is -2.07. The van der Waals surface area contributed by atoms with Crippen molar-refractivity contribution in [1.82, 2.24) is 9.55 Å². The predicted molar refractivity (Wildman–Crippen MR) is 73.4 cm³/mol. The fourth-order valence-electron chi connectivity index (χ4n) is 2.15. The zero-order valence-electron chi connectivity index (χ0n) is 10.4. The number of hydrogen-bond acceptors (Lipinski definition) is 1. The van der Waals surface area contributed by atoms with Gasteiger partial charge in [-0.3, -0.25) is 4.57 Å². The van der Waals surface area contributed by atoms with E-state index in [1.807, 2.05) is 0 Å². The van der Waals surface area contributed by atoms with Crippen LogP contribution in [0.2, 0.25) is 0 Å².